The third kappa shape index (κ3) is 3.95. The zero-order valence-electron chi connectivity index (χ0n) is 9.76. The molecule has 1 aliphatic heterocycles. The topological polar surface area (TPSA) is 99.1 Å². The highest BCUT2D eigenvalue weighted by molar-refractivity contribution is 5.85. The quantitative estimate of drug-likeness (QED) is 0.482. The van der Waals surface area contributed by atoms with Gasteiger partial charge in [-0.15, -0.1) is 0 Å². The van der Waals surface area contributed by atoms with Gasteiger partial charge in [0.05, 0.1) is 19.3 Å². The van der Waals surface area contributed by atoms with Crippen LogP contribution in [0.4, 0.5) is 0 Å². The third-order valence-corrected chi connectivity index (χ3v) is 2.64. The molecule has 3 N–H and O–H groups in total. The van der Waals surface area contributed by atoms with Crippen LogP contribution in [-0.2, 0) is 14.3 Å². The fraction of sp³-hybridized carbons (Fsp3) is 0.800. The number of aliphatic carboxylic acids is 1. The maximum Gasteiger partial charge on any atom is 0.326 e. The van der Waals surface area contributed by atoms with Crippen LogP contribution in [0.25, 0.3) is 0 Å². The Hall–Kier alpha value is -1.18. The molecule has 2 unspecified atom stereocenters. The van der Waals surface area contributed by atoms with Crippen molar-refractivity contribution in [2.24, 2.45) is 0 Å². The van der Waals surface area contributed by atoms with Gasteiger partial charge >= 0.3 is 5.97 Å². The molecule has 1 saturated heterocycles. The van der Waals surface area contributed by atoms with Crippen LogP contribution in [0.2, 0.25) is 0 Å². The molecule has 1 amide bonds. The van der Waals surface area contributed by atoms with Gasteiger partial charge in [0.15, 0.2) is 0 Å². The number of nitrogens with zero attached hydrogens (tertiary/aromatic N) is 1. The van der Waals surface area contributed by atoms with Crippen molar-refractivity contribution in [3.05, 3.63) is 0 Å². The number of amides is 1. The highest BCUT2D eigenvalue weighted by atomic mass is 16.5. The highest BCUT2D eigenvalue weighted by Crippen LogP contribution is 2.17. The lowest BCUT2D eigenvalue weighted by atomic mass is 10.2. The molecule has 1 heterocycles. The van der Waals surface area contributed by atoms with Crippen LogP contribution in [-0.4, -0.2) is 72.5 Å². The maximum absolute atomic E-state index is 11.7. The van der Waals surface area contributed by atoms with Crippen LogP contribution in [0.15, 0.2) is 0 Å². The largest absolute Gasteiger partial charge is 0.480 e. The molecule has 0 aromatic heterocycles. The molecule has 7 heteroatoms. The minimum absolute atomic E-state index is 0.0554. The van der Waals surface area contributed by atoms with Crippen molar-refractivity contribution in [1.82, 2.24) is 10.2 Å². The van der Waals surface area contributed by atoms with Crippen molar-refractivity contribution in [3.8, 4) is 0 Å². The fourth-order valence-corrected chi connectivity index (χ4v) is 1.79. The number of carbonyl (C=O) groups is 2. The monoisotopic (exact) mass is 246 g/mol. The van der Waals surface area contributed by atoms with E-state index in [-0.39, 0.29) is 25.4 Å². The maximum atomic E-state index is 11.7. The second-order valence-corrected chi connectivity index (χ2v) is 3.96. The summed E-state index contributed by atoms with van der Waals surface area (Å²) in [7, 11) is 1.56. The van der Waals surface area contributed by atoms with E-state index < -0.39 is 18.1 Å². The predicted molar refractivity (Wildman–Crippen MR) is 58.5 cm³/mol. The van der Waals surface area contributed by atoms with Gasteiger partial charge in [-0.25, -0.2) is 4.79 Å². The molecule has 17 heavy (non-hydrogen) atoms. The molecule has 1 fully saturated rings. The normalized spacial score (nSPS) is 24.0. The summed E-state index contributed by atoms with van der Waals surface area (Å²) in [5.74, 6) is -1.39. The number of methoxy groups -OCH3 is 1. The first-order chi connectivity index (χ1) is 8.06. The molecule has 0 aromatic carbocycles. The summed E-state index contributed by atoms with van der Waals surface area (Å²) in [5, 5.41) is 21.1. The van der Waals surface area contributed by atoms with Crippen molar-refractivity contribution in [2.75, 3.05) is 33.4 Å². The summed E-state index contributed by atoms with van der Waals surface area (Å²) in [6.45, 7) is 1.15. The van der Waals surface area contributed by atoms with Crippen LogP contribution in [0, 0.1) is 0 Å². The van der Waals surface area contributed by atoms with Gasteiger partial charge < -0.3 is 25.2 Å². The number of rotatable bonds is 6. The SMILES string of the molecule is COCCNCC(=O)N1CC(O)CC1C(=O)O. The molecule has 0 spiro atoms. The lowest BCUT2D eigenvalue weighted by Gasteiger charge is -2.21. The van der Waals surface area contributed by atoms with Gasteiger partial charge in [-0.2, -0.15) is 0 Å². The minimum Gasteiger partial charge on any atom is -0.480 e. The number of hydrogen-bond donors (Lipinski definition) is 3. The molecule has 0 saturated carbocycles. The Morgan fingerprint density at radius 1 is 1.53 bits per heavy atom. The fourth-order valence-electron chi connectivity index (χ4n) is 1.79. The average Bonchev–Trinajstić information content (AvgIpc) is 2.66. The Morgan fingerprint density at radius 3 is 2.82 bits per heavy atom. The first kappa shape index (κ1) is 13.9. The molecular formula is C10H18N2O5. The van der Waals surface area contributed by atoms with E-state index in [4.69, 9.17) is 9.84 Å². The van der Waals surface area contributed by atoms with Gasteiger partial charge in [-0.1, -0.05) is 0 Å². The number of hydrogen-bond acceptors (Lipinski definition) is 5. The summed E-state index contributed by atoms with van der Waals surface area (Å²) in [6.07, 6.45) is -0.655. The summed E-state index contributed by atoms with van der Waals surface area (Å²) in [5.41, 5.74) is 0. The van der Waals surface area contributed by atoms with E-state index in [1.165, 1.54) is 4.90 Å². The van der Waals surface area contributed by atoms with E-state index in [0.29, 0.717) is 13.2 Å². The predicted octanol–water partition coefficient (Wildman–Crippen LogP) is -1.73. The lowest BCUT2D eigenvalue weighted by Crippen LogP contribution is -2.45. The number of aliphatic hydroxyl groups excluding tert-OH is 1. The molecular weight excluding hydrogens is 228 g/mol. The van der Waals surface area contributed by atoms with Crippen LogP contribution < -0.4 is 5.32 Å². The number of β-amino-alcohol motifs (C(OH)–C–C–N with tert-alkyl or cyclic N) is 1. The van der Waals surface area contributed by atoms with Crippen molar-refractivity contribution in [2.45, 2.75) is 18.6 Å². The van der Waals surface area contributed by atoms with Crippen LogP contribution >= 0.6 is 0 Å². The van der Waals surface area contributed by atoms with Gasteiger partial charge in [0, 0.05) is 26.6 Å². The Balaban J connectivity index is 2.41. The van der Waals surface area contributed by atoms with Crippen LogP contribution in [0.3, 0.4) is 0 Å². The number of nitrogens with one attached hydrogen (secondary N) is 1. The minimum atomic E-state index is -1.08. The molecule has 0 aromatic rings. The molecule has 0 aliphatic carbocycles. The standard InChI is InChI=1S/C10H18N2O5/c1-17-3-2-11-5-9(14)12-6-7(13)4-8(12)10(15)16/h7-8,11,13H,2-6H2,1H3,(H,15,16). The Bertz CT molecular complexity index is 284. The van der Waals surface area contributed by atoms with Crippen LogP contribution in [0.5, 0.6) is 0 Å². The van der Waals surface area contributed by atoms with E-state index in [2.05, 4.69) is 5.32 Å². The smallest absolute Gasteiger partial charge is 0.326 e. The van der Waals surface area contributed by atoms with E-state index in [1.807, 2.05) is 0 Å². The van der Waals surface area contributed by atoms with Crippen molar-refractivity contribution < 1.29 is 24.5 Å². The van der Waals surface area contributed by atoms with Gasteiger partial charge in [0.1, 0.15) is 6.04 Å². The summed E-state index contributed by atoms with van der Waals surface area (Å²) >= 11 is 0. The molecule has 7 nitrogen and oxygen atoms in total. The second-order valence-electron chi connectivity index (χ2n) is 3.96. The van der Waals surface area contributed by atoms with E-state index in [9.17, 15) is 14.7 Å². The van der Waals surface area contributed by atoms with Crippen molar-refractivity contribution >= 4 is 11.9 Å². The number of ether oxygens (including phenoxy) is 1. The molecule has 98 valence electrons. The molecule has 2 atom stereocenters. The van der Waals surface area contributed by atoms with E-state index >= 15 is 0 Å². The van der Waals surface area contributed by atoms with E-state index in [0.717, 1.165) is 0 Å². The Labute approximate surface area is 99.4 Å². The number of aliphatic hydroxyl groups is 1. The Kier molecular flexibility index (Phi) is 5.33. The van der Waals surface area contributed by atoms with Crippen molar-refractivity contribution in [3.63, 3.8) is 0 Å². The molecule has 0 radical (unpaired) electrons. The zero-order chi connectivity index (χ0) is 12.8. The number of likely N-dealkylation sites (tertiary alicyclic amines) is 1. The van der Waals surface area contributed by atoms with Gasteiger partial charge in [-0.05, 0) is 0 Å². The molecule has 1 rings (SSSR count). The first-order valence-electron chi connectivity index (χ1n) is 5.46. The molecule has 0 bridgehead atoms. The Morgan fingerprint density at radius 2 is 2.24 bits per heavy atom. The van der Waals surface area contributed by atoms with Gasteiger partial charge in [-0.3, -0.25) is 4.79 Å². The third-order valence-electron chi connectivity index (χ3n) is 2.64. The second kappa shape index (κ2) is 6.53. The zero-order valence-corrected chi connectivity index (χ0v) is 9.76. The summed E-state index contributed by atoms with van der Waals surface area (Å²) in [6, 6.07) is -0.915. The van der Waals surface area contributed by atoms with Gasteiger partial charge in [0.2, 0.25) is 5.91 Å². The lowest BCUT2D eigenvalue weighted by molar-refractivity contribution is -0.147. The van der Waals surface area contributed by atoms with E-state index in [1.54, 1.807) is 7.11 Å². The summed E-state index contributed by atoms with van der Waals surface area (Å²) in [4.78, 5) is 23.8. The first-order valence-corrected chi connectivity index (χ1v) is 5.46. The van der Waals surface area contributed by atoms with Crippen molar-refractivity contribution in [1.29, 1.82) is 0 Å². The average molecular weight is 246 g/mol. The summed E-state index contributed by atoms with van der Waals surface area (Å²) < 4.78 is 4.80. The number of carboxylic acid groups (broad SMARTS) is 1. The highest BCUT2D eigenvalue weighted by Gasteiger charge is 2.38. The van der Waals surface area contributed by atoms with Crippen LogP contribution in [0.1, 0.15) is 6.42 Å². The number of carboxylic acids is 1. The number of carbonyl (C=O) groups excluding carboxylic acids is 1. The van der Waals surface area contributed by atoms with Gasteiger partial charge in [0.25, 0.3) is 0 Å². The molecule has 1 aliphatic rings.